The van der Waals surface area contributed by atoms with E-state index in [0.717, 1.165) is 11.3 Å². The Labute approximate surface area is 119 Å². The fraction of sp³-hybridized carbons (Fsp3) is 0.250. The van der Waals surface area contributed by atoms with Crippen molar-refractivity contribution in [3.05, 3.63) is 59.5 Å². The van der Waals surface area contributed by atoms with Crippen molar-refractivity contribution >= 4 is 11.5 Å². The number of hydrogen-bond donors (Lipinski definition) is 0. The summed E-state index contributed by atoms with van der Waals surface area (Å²) in [6.07, 6.45) is 3.78. The molecule has 0 bridgehead atoms. The SMILES string of the molecule is CC1=C(C(=O)/C=C/N(C)C)CC(c2ccccc2)=NO1. The molecule has 0 aliphatic carbocycles. The monoisotopic (exact) mass is 270 g/mol. The quantitative estimate of drug-likeness (QED) is 0.790. The van der Waals surface area contributed by atoms with Gasteiger partial charge in [-0.3, -0.25) is 4.79 Å². The van der Waals surface area contributed by atoms with Crippen molar-refractivity contribution in [2.24, 2.45) is 5.16 Å². The van der Waals surface area contributed by atoms with Gasteiger partial charge in [0.2, 0.25) is 0 Å². The van der Waals surface area contributed by atoms with Gasteiger partial charge in [0.25, 0.3) is 0 Å². The largest absolute Gasteiger partial charge is 0.383 e. The van der Waals surface area contributed by atoms with E-state index in [0.29, 0.717) is 17.8 Å². The predicted molar refractivity (Wildman–Crippen MR) is 79.2 cm³/mol. The van der Waals surface area contributed by atoms with Crippen LogP contribution >= 0.6 is 0 Å². The molecule has 1 heterocycles. The van der Waals surface area contributed by atoms with Gasteiger partial charge in [-0.25, -0.2) is 0 Å². The molecule has 4 heteroatoms. The summed E-state index contributed by atoms with van der Waals surface area (Å²) >= 11 is 0. The van der Waals surface area contributed by atoms with E-state index in [2.05, 4.69) is 5.16 Å². The Bertz CT molecular complexity index is 584. The van der Waals surface area contributed by atoms with E-state index >= 15 is 0 Å². The summed E-state index contributed by atoms with van der Waals surface area (Å²) in [5.74, 6) is 0.526. The first kappa shape index (κ1) is 14.1. The number of oxime groups is 1. The minimum absolute atomic E-state index is 0.0421. The van der Waals surface area contributed by atoms with E-state index in [-0.39, 0.29) is 5.78 Å². The van der Waals surface area contributed by atoms with Gasteiger partial charge < -0.3 is 9.74 Å². The summed E-state index contributed by atoms with van der Waals surface area (Å²) in [6.45, 7) is 1.77. The van der Waals surface area contributed by atoms with Crippen LogP contribution in [0, 0.1) is 0 Å². The van der Waals surface area contributed by atoms with Crippen LogP contribution in [-0.2, 0) is 9.63 Å². The summed E-state index contributed by atoms with van der Waals surface area (Å²) in [7, 11) is 3.75. The lowest BCUT2D eigenvalue weighted by atomic mass is 9.98. The second kappa shape index (κ2) is 6.19. The molecule has 0 N–H and O–H groups in total. The van der Waals surface area contributed by atoms with Crippen LogP contribution in [0.3, 0.4) is 0 Å². The number of hydrogen-bond acceptors (Lipinski definition) is 4. The van der Waals surface area contributed by atoms with Gasteiger partial charge in [-0.05, 0) is 12.5 Å². The van der Waals surface area contributed by atoms with Crippen LogP contribution in [-0.4, -0.2) is 30.5 Å². The van der Waals surface area contributed by atoms with Gasteiger partial charge in [-0.2, -0.15) is 0 Å². The summed E-state index contributed by atoms with van der Waals surface area (Å²) in [4.78, 5) is 19.3. The van der Waals surface area contributed by atoms with Crippen molar-refractivity contribution < 1.29 is 9.63 Å². The first-order valence-electron chi connectivity index (χ1n) is 6.46. The van der Waals surface area contributed by atoms with Crippen molar-refractivity contribution in [2.75, 3.05) is 14.1 Å². The Morgan fingerprint density at radius 2 is 2.00 bits per heavy atom. The molecule has 4 nitrogen and oxygen atoms in total. The van der Waals surface area contributed by atoms with Gasteiger partial charge in [0.1, 0.15) is 5.76 Å². The van der Waals surface area contributed by atoms with E-state index in [9.17, 15) is 4.79 Å². The van der Waals surface area contributed by atoms with Crippen LogP contribution in [0.1, 0.15) is 18.9 Å². The minimum Gasteiger partial charge on any atom is -0.383 e. The second-order valence-corrected chi connectivity index (χ2v) is 4.85. The third kappa shape index (κ3) is 3.35. The van der Waals surface area contributed by atoms with Crippen LogP contribution in [0.5, 0.6) is 0 Å². The number of nitrogens with zero attached hydrogens (tertiary/aromatic N) is 2. The molecule has 2 rings (SSSR count). The van der Waals surface area contributed by atoms with Crippen molar-refractivity contribution in [3.63, 3.8) is 0 Å². The van der Waals surface area contributed by atoms with Gasteiger partial charge in [0, 0.05) is 38.4 Å². The van der Waals surface area contributed by atoms with Crippen molar-refractivity contribution in [1.29, 1.82) is 0 Å². The number of carbonyl (C=O) groups excluding carboxylic acids is 1. The van der Waals surface area contributed by atoms with Crippen LogP contribution in [0.4, 0.5) is 0 Å². The number of carbonyl (C=O) groups is 1. The highest BCUT2D eigenvalue weighted by atomic mass is 16.6. The average molecular weight is 270 g/mol. The average Bonchev–Trinajstić information content (AvgIpc) is 2.46. The standard InChI is InChI=1S/C16H18N2O2/c1-12-14(16(19)9-10-18(2)3)11-15(17-20-12)13-7-5-4-6-8-13/h4-10H,11H2,1-3H3/b10-9+. The molecule has 20 heavy (non-hydrogen) atoms. The number of allylic oxidation sites excluding steroid dienone is 3. The third-order valence-electron chi connectivity index (χ3n) is 2.99. The molecular formula is C16H18N2O2. The van der Waals surface area contributed by atoms with E-state index in [4.69, 9.17) is 4.84 Å². The topological polar surface area (TPSA) is 41.9 Å². The second-order valence-electron chi connectivity index (χ2n) is 4.85. The molecule has 0 atom stereocenters. The highest BCUT2D eigenvalue weighted by Gasteiger charge is 2.20. The van der Waals surface area contributed by atoms with E-state index in [1.165, 1.54) is 0 Å². The molecule has 0 saturated heterocycles. The molecule has 0 spiro atoms. The normalized spacial score (nSPS) is 15.1. The van der Waals surface area contributed by atoms with Crippen molar-refractivity contribution in [3.8, 4) is 0 Å². The van der Waals surface area contributed by atoms with Crippen LogP contribution < -0.4 is 0 Å². The Hall–Kier alpha value is -2.36. The molecule has 1 aromatic carbocycles. The fourth-order valence-corrected chi connectivity index (χ4v) is 1.87. The zero-order valence-electron chi connectivity index (χ0n) is 12.0. The van der Waals surface area contributed by atoms with E-state index in [1.54, 1.807) is 19.2 Å². The molecule has 0 radical (unpaired) electrons. The summed E-state index contributed by atoms with van der Waals surface area (Å²) < 4.78 is 0. The molecule has 1 aliphatic rings. The molecule has 0 saturated carbocycles. The van der Waals surface area contributed by atoms with Crippen LogP contribution in [0.25, 0.3) is 0 Å². The maximum atomic E-state index is 12.2. The zero-order valence-corrected chi connectivity index (χ0v) is 12.0. The maximum absolute atomic E-state index is 12.2. The lowest BCUT2D eigenvalue weighted by molar-refractivity contribution is -0.111. The maximum Gasteiger partial charge on any atom is 0.187 e. The molecular weight excluding hydrogens is 252 g/mol. The minimum atomic E-state index is -0.0421. The first-order valence-corrected chi connectivity index (χ1v) is 6.46. The molecule has 104 valence electrons. The summed E-state index contributed by atoms with van der Waals surface area (Å²) in [5.41, 5.74) is 2.40. The van der Waals surface area contributed by atoms with Crippen molar-refractivity contribution in [2.45, 2.75) is 13.3 Å². The highest BCUT2D eigenvalue weighted by molar-refractivity contribution is 6.12. The Kier molecular flexibility index (Phi) is 4.35. The van der Waals surface area contributed by atoms with Crippen LogP contribution in [0.15, 0.2) is 59.1 Å². The van der Waals surface area contributed by atoms with Gasteiger partial charge in [-0.1, -0.05) is 35.5 Å². The predicted octanol–water partition coefficient (Wildman–Crippen LogP) is 2.73. The molecule has 0 aromatic heterocycles. The fourth-order valence-electron chi connectivity index (χ4n) is 1.87. The molecule has 1 aromatic rings. The molecule has 0 unspecified atom stereocenters. The Balaban J connectivity index is 2.17. The number of rotatable bonds is 4. The molecule has 0 amide bonds. The first-order chi connectivity index (χ1) is 9.58. The summed E-state index contributed by atoms with van der Waals surface area (Å²) in [6, 6.07) is 9.74. The van der Waals surface area contributed by atoms with Crippen LogP contribution in [0.2, 0.25) is 0 Å². The zero-order chi connectivity index (χ0) is 14.5. The van der Waals surface area contributed by atoms with Gasteiger partial charge >= 0.3 is 0 Å². The van der Waals surface area contributed by atoms with Gasteiger partial charge in [-0.15, -0.1) is 0 Å². The van der Waals surface area contributed by atoms with E-state index in [1.807, 2.05) is 49.3 Å². The van der Waals surface area contributed by atoms with Gasteiger partial charge in [0.15, 0.2) is 5.78 Å². The smallest absolute Gasteiger partial charge is 0.187 e. The Morgan fingerprint density at radius 1 is 1.30 bits per heavy atom. The summed E-state index contributed by atoms with van der Waals surface area (Å²) in [5, 5.41) is 4.08. The lowest BCUT2D eigenvalue weighted by Crippen LogP contribution is -2.15. The number of benzene rings is 1. The molecule has 0 fully saturated rings. The molecule has 1 aliphatic heterocycles. The third-order valence-corrected chi connectivity index (χ3v) is 2.99. The van der Waals surface area contributed by atoms with E-state index < -0.39 is 0 Å². The Morgan fingerprint density at radius 3 is 2.65 bits per heavy atom. The lowest BCUT2D eigenvalue weighted by Gasteiger charge is -2.16. The van der Waals surface area contributed by atoms with Crippen molar-refractivity contribution in [1.82, 2.24) is 4.90 Å². The number of ketones is 1. The highest BCUT2D eigenvalue weighted by Crippen LogP contribution is 2.22. The van der Waals surface area contributed by atoms with Gasteiger partial charge in [0.05, 0.1) is 5.71 Å².